The van der Waals surface area contributed by atoms with E-state index in [-0.39, 0.29) is 22.0 Å². The number of halogens is 1. The van der Waals surface area contributed by atoms with Gasteiger partial charge in [-0.05, 0) is 36.5 Å². The third-order valence-corrected chi connectivity index (χ3v) is 5.03. The number of hydrogen-bond donors (Lipinski definition) is 3. The van der Waals surface area contributed by atoms with Gasteiger partial charge in [0.15, 0.2) is 5.43 Å². The van der Waals surface area contributed by atoms with Crippen molar-refractivity contribution < 1.29 is 0 Å². The molecule has 3 aromatic rings. The van der Waals surface area contributed by atoms with Gasteiger partial charge in [0.2, 0.25) is 0 Å². The molecule has 3 rings (SSSR count). The van der Waals surface area contributed by atoms with Crippen molar-refractivity contribution in [1.82, 2.24) is 15.0 Å². The van der Waals surface area contributed by atoms with E-state index in [1.54, 1.807) is 6.92 Å². The summed E-state index contributed by atoms with van der Waals surface area (Å²) < 4.78 is 0. The molecule has 0 saturated carbocycles. The van der Waals surface area contributed by atoms with E-state index in [9.17, 15) is 14.4 Å². The van der Waals surface area contributed by atoms with Gasteiger partial charge in [-0.1, -0.05) is 38.4 Å². The van der Waals surface area contributed by atoms with Crippen molar-refractivity contribution in [1.29, 1.82) is 0 Å². The molecule has 0 bridgehead atoms. The lowest BCUT2D eigenvalue weighted by atomic mass is 9.85. The first-order chi connectivity index (χ1) is 13.0. The van der Waals surface area contributed by atoms with E-state index < -0.39 is 11.2 Å². The fourth-order valence-electron chi connectivity index (χ4n) is 3.31. The van der Waals surface area contributed by atoms with E-state index in [0.29, 0.717) is 16.4 Å². The van der Waals surface area contributed by atoms with E-state index in [0.717, 1.165) is 16.7 Å². The minimum Gasteiger partial charge on any atom is -0.358 e. The Hall–Kier alpha value is -2.86. The normalized spacial score (nSPS) is 11.6. The Morgan fingerprint density at radius 2 is 1.61 bits per heavy atom. The van der Waals surface area contributed by atoms with Gasteiger partial charge < -0.3 is 9.97 Å². The zero-order valence-corrected chi connectivity index (χ0v) is 17.2. The number of pyridine rings is 1. The lowest BCUT2D eigenvalue weighted by Crippen LogP contribution is -2.25. The van der Waals surface area contributed by atoms with Gasteiger partial charge in [0, 0.05) is 34.2 Å². The summed E-state index contributed by atoms with van der Waals surface area (Å²) in [5, 5.41) is 0.632. The minimum absolute atomic E-state index is 0.0984. The van der Waals surface area contributed by atoms with Crippen molar-refractivity contribution in [2.45, 2.75) is 40.0 Å². The summed E-state index contributed by atoms with van der Waals surface area (Å²) in [6, 6.07) is 5.34. The summed E-state index contributed by atoms with van der Waals surface area (Å²) in [5.41, 5.74) is 2.66. The Morgan fingerprint density at radius 3 is 2.18 bits per heavy atom. The van der Waals surface area contributed by atoms with Crippen LogP contribution >= 0.6 is 11.6 Å². The SMILES string of the molecule is Cc1cc(C(C)(C)C)c(Cl)cc1-c1cc(=O)c(-c2c[nH]c(=O)[nH]c2=O)c(C)[nH]1. The molecule has 0 aliphatic carbocycles. The molecule has 0 aliphatic heterocycles. The average Bonchev–Trinajstić information content (AvgIpc) is 2.56. The monoisotopic (exact) mass is 399 g/mol. The summed E-state index contributed by atoms with van der Waals surface area (Å²) in [6.45, 7) is 9.96. The van der Waals surface area contributed by atoms with E-state index >= 15 is 0 Å². The third-order valence-electron chi connectivity index (χ3n) is 4.72. The largest absolute Gasteiger partial charge is 0.358 e. The van der Waals surface area contributed by atoms with Crippen LogP contribution in [0.15, 0.2) is 38.8 Å². The third kappa shape index (κ3) is 3.60. The van der Waals surface area contributed by atoms with Crippen molar-refractivity contribution in [3.8, 4) is 22.4 Å². The van der Waals surface area contributed by atoms with Gasteiger partial charge in [0.1, 0.15) is 0 Å². The van der Waals surface area contributed by atoms with Crippen LogP contribution in [-0.2, 0) is 5.41 Å². The van der Waals surface area contributed by atoms with Crippen molar-refractivity contribution in [3.05, 3.63) is 77.3 Å². The zero-order valence-electron chi connectivity index (χ0n) is 16.4. The van der Waals surface area contributed by atoms with Gasteiger partial charge >= 0.3 is 5.69 Å². The predicted octanol–water partition coefficient (Wildman–Crippen LogP) is 3.65. The van der Waals surface area contributed by atoms with Crippen LogP contribution in [0, 0.1) is 13.8 Å². The highest BCUT2D eigenvalue weighted by Gasteiger charge is 2.20. The Kier molecular flexibility index (Phi) is 4.93. The summed E-state index contributed by atoms with van der Waals surface area (Å²) in [7, 11) is 0. The van der Waals surface area contributed by atoms with E-state index in [2.05, 4.69) is 35.7 Å². The van der Waals surface area contributed by atoms with Crippen LogP contribution in [0.5, 0.6) is 0 Å². The summed E-state index contributed by atoms with van der Waals surface area (Å²) in [4.78, 5) is 43.9. The molecular formula is C21H22ClN3O3. The summed E-state index contributed by atoms with van der Waals surface area (Å²) in [6.07, 6.45) is 1.25. The second-order valence-electron chi connectivity index (χ2n) is 7.93. The van der Waals surface area contributed by atoms with E-state index in [4.69, 9.17) is 11.6 Å². The molecule has 0 radical (unpaired) electrons. The van der Waals surface area contributed by atoms with Crippen LogP contribution in [0.1, 0.15) is 37.6 Å². The maximum Gasteiger partial charge on any atom is 0.325 e. The van der Waals surface area contributed by atoms with Crippen molar-refractivity contribution in [3.63, 3.8) is 0 Å². The van der Waals surface area contributed by atoms with Crippen LogP contribution < -0.4 is 16.7 Å². The Morgan fingerprint density at radius 1 is 0.929 bits per heavy atom. The van der Waals surface area contributed by atoms with Gasteiger partial charge in [-0.25, -0.2) is 4.79 Å². The molecule has 146 valence electrons. The molecule has 0 fully saturated rings. The number of hydrogen-bond acceptors (Lipinski definition) is 3. The Bertz CT molecular complexity index is 1240. The number of rotatable bonds is 2. The molecule has 0 spiro atoms. The molecule has 2 aromatic heterocycles. The van der Waals surface area contributed by atoms with Gasteiger partial charge in [0.25, 0.3) is 5.56 Å². The fourth-order valence-corrected chi connectivity index (χ4v) is 3.76. The molecule has 0 aliphatic rings. The first-order valence-corrected chi connectivity index (χ1v) is 9.24. The van der Waals surface area contributed by atoms with Crippen LogP contribution in [-0.4, -0.2) is 15.0 Å². The highest BCUT2D eigenvalue weighted by atomic mass is 35.5. The lowest BCUT2D eigenvalue weighted by Gasteiger charge is -2.22. The lowest BCUT2D eigenvalue weighted by molar-refractivity contribution is 0.590. The number of aromatic amines is 3. The number of benzene rings is 1. The molecule has 0 unspecified atom stereocenters. The van der Waals surface area contributed by atoms with Crippen molar-refractivity contribution >= 4 is 11.6 Å². The molecule has 6 nitrogen and oxygen atoms in total. The summed E-state index contributed by atoms with van der Waals surface area (Å²) >= 11 is 6.51. The van der Waals surface area contributed by atoms with Crippen molar-refractivity contribution in [2.24, 2.45) is 0 Å². The first-order valence-electron chi connectivity index (χ1n) is 8.86. The molecule has 0 atom stereocenters. The van der Waals surface area contributed by atoms with Crippen LogP contribution in [0.2, 0.25) is 5.02 Å². The van der Waals surface area contributed by atoms with Gasteiger partial charge in [-0.2, -0.15) is 0 Å². The minimum atomic E-state index is -0.622. The molecule has 0 amide bonds. The number of nitrogens with one attached hydrogen (secondary N) is 3. The Balaban J connectivity index is 2.19. The Labute approximate surface area is 166 Å². The average molecular weight is 400 g/mol. The summed E-state index contributed by atoms with van der Waals surface area (Å²) in [5.74, 6) is 0. The highest BCUT2D eigenvalue weighted by molar-refractivity contribution is 6.31. The van der Waals surface area contributed by atoms with Gasteiger partial charge in [-0.15, -0.1) is 0 Å². The topological polar surface area (TPSA) is 98.6 Å². The van der Waals surface area contributed by atoms with Crippen LogP contribution in [0.4, 0.5) is 0 Å². The highest BCUT2D eigenvalue weighted by Crippen LogP contribution is 2.35. The van der Waals surface area contributed by atoms with E-state index in [1.165, 1.54) is 12.3 Å². The maximum absolute atomic E-state index is 12.8. The molecular weight excluding hydrogens is 378 g/mol. The standard InChI is InChI=1S/C21H22ClN3O3/c1-10-6-14(21(3,4)5)15(22)7-12(10)16-8-17(26)18(11(2)24-16)13-9-23-20(28)25-19(13)27/h6-9H,1-5H3,(H,24,26)(H2,23,25,27,28). The van der Waals surface area contributed by atoms with Crippen molar-refractivity contribution in [2.75, 3.05) is 0 Å². The zero-order chi connectivity index (χ0) is 20.8. The number of H-pyrrole nitrogens is 3. The molecule has 7 heteroatoms. The van der Waals surface area contributed by atoms with Crippen LogP contribution in [0.3, 0.4) is 0 Å². The molecule has 3 N–H and O–H groups in total. The van der Waals surface area contributed by atoms with Gasteiger partial charge in [-0.3, -0.25) is 14.6 Å². The fraction of sp³-hybridized carbons (Fsp3) is 0.286. The molecule has 1 aromatic carbocycles. The second-order valence-corrected chi connectivity index (χ2v) is 8.34. The van der Waals surface area contributed by atoms with Gasteiger partial charge in [0.05, 0.1) is 11.1 Å². The molecule has 28 heavy (non-hydrogen) atoms. The molecule has 2 heterocycles. The number of aromatic nitrogens is 3. The smallest absolute Gasteiger partial charge is 0.325 e. The number of aryl methyl sites for hydroxylation is 2. The predicted molar refractivity (Wildman–Crippen MR) is 112 cm³/mol. The first kappa shape index (κ1) is 19.9. The van der Waals surface area contributed by atoms with Crippen LogP contribution in [0.25, 0.3) is 22.4 Å². The quantitative estimate of drug-likeness (QED) is 0.613. The second kappa shape index (κ2) is 6.95. The molecule has 0 saturated heterocycles. The maximum atomic E-state index is 12.8. The van der Waals surface area contributed by atoms with E-state index in [1.807, 2.05) is 19.1 Å².